The van der Waals surface area contributed by atoms with Crippen LogP contribution >= 0.6 is 11.6 Å². The monoisotopic (exact) mass is 533 g/mol. The maximum Gasteiger partial charge on any atom is 0.132 e. The van der Waals surface area contributed by atoms with Crippen molar-refractivity contribution in [2.24, 2.45) is 5.92 Å². The van der Waals surface area contributed by atoms with E-state index in [1.165, 1.54) is 37.7 Å². The number of hydrogen-bond donors (Lipinski definition) is 1. The lowest BCUT2D eigenvalue weighted by atomic mass is 9.86. The first-order chi connectivity index (χ1) is 18.5. The second kappa shape index (κ2) is 12.5. The van der Waals surface area contributed by atoms with Crippen LogP contribution < -0.4 is 10.1 Å². The minimum Gasteiger partial charge on any atom is -0.485 e. The molecule has 2 aliphatic rings. The first-order valence-electron chi connectivity index (χ1n) is 14.1. The van der Waals surface area contributed by atoms with Crippen molar-refractivity contribution < 1.29 is 14.2 Å². The maximum atomic E-state index is 6.73. The summed E-state index contributed by atoms with van der Waals surface area (Å²) >= 11 is 6.46. The molecule has 5 rings (SSSR count). The van der Waals surface area contributed by atoms with Gasteiger partial charge in [-0.05, 0) is 61.6 Å². The minimum absolute atomic E-state index is 0.238. The summed E-state index contributed by atoms with van der Waals surface area (Å²) in [6, 6.07) is 24.6. The average Bonchev–Trinajstić information content (AvgIpc) is 2.93. The average molecular weight is 534 g/mol. The Balaban J connectivity index is 1.37. The molecule has 1 aliphatic heterocycles. The van der Waals surface area contributed by atoms with Crippen molar-refractivity contribution in [3.8, 4) is 5.75 Å². The molecule has 1 aliphatic carbocycles. The van der Waals surface area contributed by atoms with E-state index in [1.54, 1.807) is 0 Å². The predicted molar refractivity (Wildman–Crippen MR) is 155 cm³/mol. The van der Waals surface area contributed by atoms with E-state index >= 15 is 0 Å². The minimum atomic E-state index is -0.567. The third-order valence-corrected chi connectivity index (χ3v) is 8.28. The number of hydrogen-bond acceptors (Lipinski definition) is 4. The molecule has 0 amide bonds. The summed E-state index contributed by atoms with van der Waals surface area (Å²) in [6.45, 7) is 6.06. The SMILES string of the molecule is CC1(C)Oc2ccc(NCc3ccccc3)cc2C(OCCC2CCCCC2)C1OCc1ccccc1Cl. The lowest BCUT2D eigenvalue weighted by Gasteiger charge is -2.44. The highest BCUT2D eigenvalue weighted by atomic mass is 35.5. The van der Waals surface area contributed by atoms with Crippen molar-refractivity contribution in [1.29, 1.82) is 0 Å². The molecule has 1 saturated carbocycles. The lowest BCUT2D eigenvalue weighted by Crippen LogP contribution is -2.51. The Labute approximate surface area is 232 Å². The number of anilines is 1. The smallest absolute Gasteiger partial charge is 0.132 e. The Hall–Kier alpha value is -2.53. The van der Waals surface area contributed by atoms with Gasteiger partial charge >= 0.3 is 0 Å². The molecular weight excluding hydrogens is 494 g/mol. The molecule has 3 aromatic carbocycles. The molecule has 1 fully saturated rings. The van der Waals surface area contributed by atoms with E-state index in [-0.39, 0.29) is 12.2 Å². The van der Waals surface area contributed by atoms with Crippen molar-refractivity contribution in [3.63, 3.8) is 0 Å². The molecule has 3 aromatic rings. The molecule has 0 spiro atoms. The Morgan fingerprint density at radius 1 is 0.921 bits per heavy atom. The summed E-state index contributed by atoms with van der Waals surface area (Å²) in [5.41, 5.74) is 3.72. The molecule has 5 heteroatoms. The van der Waals surface area contributed by atoms with Gasteiger partial charge in [0.1, 0.15) is 23.6 Å². The lowest BCUT2D eigenvalue weighted by molar-refractivity contribution is -0.168. The first kappa shape index (κ1) is 27.1. The number of rotatable bonds is 10. The van der Waals surface area contributed by atoms with Gasteiger partial charge in [-0.15, -0.1) is 0 Å². The Morgan fingerprint density at radius 3 is 2.47 bits per heavy atom. The van der Waals surface area contributed by atoms with Gasteiger partial charge in [0.25, 0.3) is 0 Å². The van der Waals surface area contributed by atoms with Gasteiger partial charge in [-0.3, -0.25) is 0 Å². The van der Waals surface area contributed by atoms with Gasteiger partial charge in [-0.1, -0.05) is 92.2 Å². The summed E-state index contributed by atoms with van der Waals surface area (Å²) in [4.78, 5) is 0. The molecule has 0 saturated heterocycles. The Kier molecular flexibility index (Phi) is 8.93. The molecule has 0 bridgehead atoms. The summed E-state index contributed by atoms with van der Waals surface area (Å²) in [5, 5.41) is 4.28. The summed E-state index contributed by atoms with van der Waals surface area (Å²) in [7, 11) is 0. The van der Waals surface area contributed by atoms with Crippen molar-refractivity contribution in [1.82, 2.24) is 0 Å². The van der Waals surface area contributed by atoms with Gasteiger partial charge < -0.3 is 19.5 Å². The quantitative estimate of drug-likeness (QED) is 0.283. The van der Waals surface area contributed by atoms with Crippen molar-refractivity contribution in [2.75, 3.05) is 11.9 Å². The highest BCUT2D eigenvalue weighted by molar-refractivity contribution is 6.31. The van der Waals surface area contributed by atoms with Crippen molar-refractivity contribution in [2.45, 2.75) is 83.3 Å². The van der Waals surface area contributed by atoms with Crippen LogP contribution in [0.4, 0.5) is 5.69 Å². The van der Waals surface area contributed by atoms with E-state index in [9.17, 15) is 0 Å². The number of nitrogens with one attached hydrogen (secondary N) is 1. The molecule has 0 aromatic heterocycles. The van der Waals surface area contributed by atoms with E-state index in [0.29, 0.717) is 11.6 Å². The summed E-state index contributed by atoms with van der Waals surface area (Å²) < 4.78 is 19.9. The third kappa shape index (κ3) is 6.72. The standard InChI is InChI=1S/C33H40ClNO3/c1-33(2)32(37-23-26-15-9-10-16-29(26)34)31(36-20-19-24-11-5-3-6-12-24)28-21-27(17-18-30(28)38-33)35-22-25-13-7-4-8-14-25/h4,7-10,13-18,21,24,31-32,35H,3,5-6,11-12,19-20,22-23H2,1-2H3. The Morgan fingerprint density at radius 2 is 1.68 bits per heavy atom. The van der Waals surface area contributed by atoms with Crippen LogP contribution in [0.5, 0.6) is 5.75 Å². The van der Waals surface area contributed by atoms with Gasteiger partial charge in [0.15, 0.2) is 0 Å². The van der Waals surface area contributed by atoms with E-state index in [4.69, 9.17) is 25.8 Å². The van der Waals surface area contributed by atoms with Gasteiger partial charge in [0.2, 0.25) is 0 Å². The molecule has 2 unspecified atom stereocenters. The fraction of sp³-hybridized carbons (Fsp3) is 0.455. The molecule has 4 nitrogen and oxygen atoms in total. The van der Waals surface area contributed by atoms with Crippen LogP contribution in [0.2, 0.25) is 5.02 Å². The number of halogens is 1. The fourth-order valence-corrected chi connectivity index (χ4v) is 5.93. The van der Waals surface area contributed by atoms with Gasteiger partial charge in [0.05, 0.1) is 6.61 Å². The highest BCUT2D eigenvalue weighted by Gasteiger charge is 2.46. The maximum absolute atomic E-state index is 6.73. The van der Waals surface area contributed by atoms with Gasteiger partial charge in [0, 0.05) is 29.4 Å². The highest BCUT2D eigenvalue weighted by Crippen LogP contribution is 2.45. The molecule has 202 valence electrons. The zero-order valence-electron chi connectivity index (χ0n) is 22.6. The Bertz CT molecular complexity index is 1180. The fourth-order valence-electron chi connectivity index (χ4n) is 5.74. The topological polar surface area (TPSA) is 39.7 Å². The number of benzene rings is 3. The van der Waals surface area contributed by atoms with Crippen LogP contribution in [0.15, 0.2) is 72.8 Å². The number of ether oxygens (including phenoxy) is 3. The van der Waals surface area contributed by atoms with Crippen molar-refractivity contribution in [3.05, 3.63) is 94.5 Å². The molecule has 2 atom stereocenters. The molecule has 1 heterocycles. The van der Waals surface area contributed by atoms with E-state index in [2.05, 4.69) is 61.6 Å². The molecule has 1 N–H and O–H groups in total. The van der Waals surface area contributed by atoms with E-state index < -0.39 is 5.60 Å². The second-order valence-electron chi connectivity index (χ2n) is 11.2. The van der Waals surface area contributed by atoms with E-state index in [0.717, 1.165) is 48.1 Å². The van der Waals surface area contributed by atoms with Crippen LogP contribution in [-0.4, -0.2) is 18.3 Å². The predicted octanol–water partition coefficient (Wildman–Crippen LogP) is 8.74. The second-order valence-corrected chi connectivity index (χ2v) is 11.6. The zero-order valence-corrected chi connectivity index (χ0v) is 23.4. The normalized spacial score (nSPS) is 20.9. The third-order valence-electron chi connectivity index (χ3n) is 7.91. The summed E-state index contributed by atoms with van der Waals surface area (Å²) in [6.07, 6.45) is 7.26. The van der Waals surface area contributed by atoms with Crippen molar-refractivity contribution >= 4 is 17.3 Å². The summed E-state index contributed by atoms with van der Waals surface area (Å²) in [5.74, 6) is 1.62. The van der Waals surface area contributed by atoms with Gasteiger partial charge in [-0.2, -0.15) is 0 Å². The largest absolute Gasteiger partial charge is 0.485 e. The molecule has 0 radical (unpaired) electrons. The van der Waals surface area contributed by atoms with Crippen LogP contribution in [-0.2, 0) is 22.6 Å². The number of fused-ring (bicyclic) bond motifs is 1. The van der Waals surface area contributed by atoms with Crippen LogP contribution in [0.3, 0.4) is 0 Å². The zero-order chi connectivity index (χ0) is 26.4. The first-order valence-corrected chi connectivity index (χ1v) is 14.4. The van der Waals surface area contributed by atoms with Crippen LogP contribution in [0.1, 0.15) is 75.2 Å². The van der Waals surface area contributed by atoms with E-state index in [1.807, 2.05) is 30.3 Å². The molecular formula is C33H40ClNO3. The van der Waals surface area contributed by atoms with Gasteiger partial charge in [-0.25, -0.2) is 0 Å². The van der Waals surface area contributed by atoms with Crippen LogP contribution in [0.25, 0.3) is 0 Å². The van der Waals surface area contributed by atoms with Crippen LogP contribution in [0, 0.1) is 5.92 Å². The molecule has 38 heavy (non-hydrogen) atoms.